The molecule has 22 heavy (non-hydrogen) atoms. The summed E-state index contributed by atoms with van der Waals surface area (Å²) in [6, 6.07) is 6.88. The Hall–Kier alpha value is -1.64. The van der Waals surface area contributed by atoms with Crippen LogP contribution in [0.5, 0.6) is 0 Å². The second kappa shape index (κ2) is 6.23. The van der Waals surface area contributed by atoms with Gasteiger partial charge < -0.3 is 15.4 Å². The van der Waals surface area contributed by atoms with E-state index >= 15 is 0 Å². The SMILES string of the molecule is O=C(Nc1cccc(N2CCCS2(=O)=O)c1)C1CNCCO1. The molecular formula is C14H19N3O4S. The molecular weight excluding hydrogens is 306 g/mol. The first-order valence-corrected chi connectivity index (χ1v) is 8.91. The molecule has 8 heteroatoms. The van der Waals surface area contributed by atoms with Crippen molar-refractivity contribution in [1.82, 2.24) is 5.32 Å². The molecule has 2 aliphatic rings. The van der Waals surface area contributed by atoms with E-state index < -0.39 is 16.1 Å². The van der Waals surface area contributed by atoms with Gasteiger partial charge in [-0.05, 0) is 24.6 Å². The predicted molar refractivity (Wildman–Crippen MR) is 83.4 cm³/mol. The number of carbonyl (C=O) groups is 1. The fourth-order valence-electron chi connectivity index (χ4n) is 2.62. The van der Waals surface area contributed by atoms with Crippen molar-refractivity contribution in [2.45, 2.75) is 12.5 Å². The van der Waals surface area contributed by atoms with Crippen LogP contribution in [0, 0.1) is 0 Å². The fourth-order valence-corrected chi connectivity index (χ4v) is 4.18. The number of hydrogen-bond donors (Lipinski definition) is 2. The molecule has 0 spiro atoms. The second-order valence-electron chi connectivity index (χ2n) is 5.34. The van der Waals surface area contributed by atoms with Gasteiger partial charge in [-0.25, -0.2) is 8.42 Å². The first-order valence-electron chi connectivity index (χ1n) is 7.30. The van der Waals surface area contributed by atoms with Crippen LogP contribution in [0.3, 0.4) is 0 Å². The molecule has 0 radical (unpaired) electrons. The Balaban J connectivity index is 1.72. The highest BCUT2D eigenvalue weighted by molar-refractivity contribution is 7.93. The number of morpholine rings is 1. The van der Waals surface area contributed by atoms with Gasteiger partial charge in [0.05, 0.1) is 18.0 Å². The van der Waals surface area contributed by atoms with Gasteiger partial charge in [0.25, 0.3) is 5.91 Å². The fraction of sp³-hybridized carbons (Fsp3) is 0.500. The maximum absolute atomic E-state index is 12.1. The van der Waals surface area contributed by atoms with E-state index in [-0.39, 0.29) is 11.7 Å². The lowest BCUT2D eigenvalue weighted by molar-refractivity contribution is -0.128. The summed E-state index contributed by atoms with van der Waals surface area (Å²) in [6.45, 7) is 2.21. The van der Waals surface area contributed by atoms with Crippen LogP contribution in [-0.2, 0) is 19.6 Å². The lowest BCUT2D eigenvalue weighted by atomic mass is 10.2. The smallest absolute Gasteiger partial charge is 0.254 e. The van der Waals surface area contributed by atoms with Crippen molar-refractivity contribution < 1.29 is 17.9 Å². The van der Waals surface area contributed by atoms with Gasteiger partial charge in [-0.15, -0.1) is 0 Å². The Labute approximate surface area is 129 Å². The van der Waals surface area contributed by atoms with Crippen molar-refractivity contribution in [1.29, 1.82) is 0 Å². The third-order valence-electron chi connectivity index (χ3n) is 3.72. The van der Waals surface area contributed by atoms with Crippen LogP contribution in [0.1, 0.15) is 6.42 Å². The van der Waals surface area contributed by atoms with Crippen LogP contribution in [0.4, 0.5) is 11.4 Å². The van der Waals surface area contributed by atoms with Crippen molar-refractivity contribution in [2.24, 2.45) is 0 Å². The largest absolute Gasteiger partial charge is 0.366 e. The number of sulfonamides is 1. The summed E-state index contributed by atoms with van der Waals surface area (Å²) in [5, 5.41) is 5.87. The predicted octanol–water partition coefficient (Wildman–Crippen LogP) is 0.153. The monoisotopic (exact) mass is 325 g/mol. The van der Waals surface area contributed by atoms with E-state index in [2.05, 4.69) is 10.6 Å². The summed E-state index contributed by atoms with van der Waals surface area (Å²) in [6.07, 6.45) is 0.105. The number of benzene rings is 1. The molecule has 120 valence electrons. The van der Waals surface area contributed by atoms with E-state index in [0.29, 0.717) is 37.5 Å². The van der Waals surface area contributed by atoms with Gasteiger partial charge in [-0.2, -0.15) is 0 Å². The Morgan fingerprint density at radius 2 is 2.27 bits per heavy atom. The topological polar surface area (TPSA) is 87.7 Å². The molecule has 0 saturated carbocycles. The molecule has 0 bridgehead atoms. The number of rotatable bonds is 3. The number of ether oxygens (including phenoxy) is 1. The molecule has 1 atom stereocenters. The zero-order valence-corrected chi connectivity index (χ0v) is 12.9. The first-order chi connectivity index (χ1) is 10.6. The van der Waals surface area contributed by atoms with E-state index in [1.54, 1.807) is 24.3 Å². The molecule has 2 heterocycles. The average molecular weight is 325 g/mol. The Morgan fingerprint density at radius 1 is 1.41 bits per heavy atom. The maximum atomic E-state index is 12.1. The Kier molecular flexibility index (Phi) is 4.32. The molecule has 2 N–H and O–H groups in total. The van der Waals surface area contributed by atoms with Crippen molar-refractivity contribution in [2.75, 3.05) is 41.6 Å². The lowest BCUT2D eigenvalue weighted by Gasteiger charge is -2.23. The van der Waals surface area contributed by atoms with Crippen molar-refractivity contribution in [3.63, 3.8) is 0 Å². The lowest BCUT2D eigenvalue weighted by Crippen LogP contribution is -2.45. The highest BCUT2D eigenvalue weighted by atomic mass is 32.2. The average Bonchev–Trinajstić information content (AvgIpc) is 2.88. The van der Waals surface area contributed by atoms with Crippen LogP contribution in [-0.4, -0.2) is 52.4 Å². The normalized spacial score (nSPS) is 24.2. The number of nitrogens with zero attached hydrogens (tertiary/aromatic N) is 1. The van der Waals surface area contributed by atoms with E-state index in [0.717, 1.165) is 6.54 Å². The van der Waals surface area contributed by atoms with Gasteiger partial charge in [-0.3, -0.25) is 9.10 Å². The molecule has 1 aromatic rings. The second-order valence-corrected chi connectivity index (χ2v) is 7.36. The molecule has 0 aliphatic carbocycles. The molecule has 1 amide bonds. The Bertz CT molecular complexity index is 656. The van der Waals surface area contributed by atoms with Crippen LogP contribution < -0.4 is 14.9 Å². The minimum Gasteiger partial charge on any atom is -0.366 e. The molecule has 1 aromatic carbocycles. The number of nitrogens with one attached hydrogen (secondary N) is 2. The molecule has 2 fully saturated rings. The van der Waals surface area contributed by atoms with Crippen LogP contribution in [0.15, 0.2) is 24.3 Å². The summed E-state index contributed by atoms with van der Waals surface area (Å²) >= 11 is 0. The molecule has 2 aliphatic heterocycles. The quantitative estimate of drug-likeness (QED) is 0.826. The van der Waals surface area contributed by atoms with Crippen LogP contribution in [0.25, 0.3) is 0 Å². The number of carbonyl (C=O) groups excluding carboxylic acids is 1. The molecule has 0 aromatic heterocycles. The van der Waals surface area contributed by atoms with Gasteiger partial charge in [-0.1, -0.05) is 6.07 Å². The maximum Gasteiger partial charge on any atom is 0.254 e. The number of amides is 1. The van der Waals surface area contributed by atoms with Crippen molar-refractivity contribution in [3.8, 4) is 0 Å². The Morgan fingerprint density at radius 3 is 2.95 bits per heavy atom. The molecule has 2 saturated heterocycles. The van der Waals surface area contributed by atoms with E-state index in [9.17, 15) is 13.2 Å². The highest BCUT2D eigenvalue weighted by Crippen LogP contribution is 2.26. The van der Waals surface area contributed by atoms with Crippen LogP contribution in [0.2, 0.25) is 0 Å². The van der Waals surface area contributed by atoms with Crippen molar-refractivity contribution in [3.05, 3.63) is 24.3 Å². The van der Waals surface area contributed by atoms with Gasteiger partial charge >= 0.3 is 0 Å². The zero-order valence-electron chi connectivity index (χ0n) is 12.1. The number of anilines is 2. The third kappa shape index (κ3) is 3.23. The minimum absolute atomic E-state index is 0.172. The zero-order chi connectivity index (χ0) is 15.6. The summed E-state index contributed by atoms with van der Waals surface area (Å²) < 4.78 is 30.7. The molecule has 3 rings (SSSR count). The van der Waals surface area contributed by atoms with Gasteiger partial charge in [0.2, 0.25) is 10.0 Å². The number of hydrogen-bond acceptors (Lipinski definition) is 5. The van der Waals surface area contributed by atoms with E-state index in [4.69, 9.17) is 4.74 Å². The van der Waals surface area contributed by atoms with Crippen molar-refractivity contribution >= 4 is 27.3 Å². The third-order valence-corrected chi connectivity index (χ3v) is 5.59. The van der Waals surface area contributed by atoms with Crippen LogP contribution >= 0.6 is 0 Å². The van der Waals surface area contributed by atoms with E-state index in [1.807, 2.05) is 0 Å². The van der Waals surface area contributed by atoms with Gasteiger partial charge in [0, 0.05) is 25.3 Å². The molecule has 1 unspecified atom stereocenters. The van der Waals surface area contributed by atoms with E-state index in [1.165, 1.54) is 4.31 Å². The first kappa shape index (κ1) is 15.3. The highest BCUT2D eigenvalue weighted by Gasteiger charge is 2.28. The summed E-state index contributed by atoms with van der Waals surface area (Å²) in [4.78, 5) is 12.1. The minimum atomic E-state index is -3.22. The summed E-state index contributed by atoms with van der Waals surface area (Å²) in [5.41, 5.74) is 1.15. The van der Waals surface area contributed by atoms with Gasteiger partial charge in [0.15, 0.2) is 0 Å². The standard InChI is InChI=1S/C14H19N3O4S/c18-14(13-10-15-5-7-21-13)16-11-3-1-4-12(9-11)17-6-2-8-22(17,19)20/h1,3-4,9,13,15H,2,5-8,10H2,(H,16,18). The van der Waals surface area contributed by atoms with Gasteiger partial charge in [0.1, 0.15) is 6.10 Å². The molecule has 7 nitrogen and oxygen atoms in total. The summed E-state index contributed by atoms with van der Waals surface area (Å²) in [5.74, 6) is -0.0563. The summed E-state index contributed by atoms with van der Waals surface area (Å²) in [7, 11) is -3.22.